The summed E-state index contributed by atoms with van der Waals surface area (Å²) in [6.45, 7) is 0. The molecule has 2 aromatic rings. The van der Waals surface area contributed by atoms with Gasteiger partial charge in [-0.2, -0.15) is 26.3 Å². The molecule has 0 bridgehead atoms. The molecule has 0 radical (unpaired) electrons. The van der Waals surface area contributed by atoms with Gasteiger partial charge in [0.2, 0.25) is 0 Å². The molecule has 1 saturated carbocycles. The van der Waals surface area contributed by atoms with E-state index in [-0.39, 0.29) is 27.6 Å². The number of benzene rings is 2. The number of nitrogens with zero attached hydrogens (tertiary/aromatic N) is 4. The Labute approximate surface area is 231 Å². The maximum Gasteiger partial charge on any atom is 2.00 e. The molecular weight excluding hydrogens is 621 g/mol. The normalized spacial score (nSPS) is 19.1. The Bertz CT molecular complexity index is 1310. The molecule has 1 aliphatic rings. The van der Waals surface area contributed by atoms with Crippen LogP contribution < -0.4 is 0 Å². The fraction of sp³-hybridized carbons (Fsp3) is 0.364. The van der Waals surface area contributed by atoms with Crippen molar-refractivity contribution in [2.75, 3.05) is 0 Å². The van der Waals surface area contributed by atoms with E-state index in [1.165, 1.54) is 48.8 Å². The van der Waals surface area contributed by atoms with Gasteiger partial charge < -0.3 is 9.44 Å². The maximum absolute atomic E-state index is 12.8. The van der Waals surface area contributed by atoms with Crippen molar-refractivity contribution in [1.82, 2.24) is 0 Å². The molecule has 17 heteroatoms. The summed E-state index contributed by atoms with van der Waals surface area (Å²) in [5.41, 5.74) is -12.0. The molecule has 1 fully saturated rings. The Morgan fingerprint density at radius 2 is 1.00 bits per heavy atom. The number of rotatable bonds is 8. The van der Waals surface area contributed by atoms with Gasteiger partial charge in [-0.15, -0.1) is 11.4 Å². The molecule has 0 aromatic heterocycles. The Morgan fingerprint density at radius 3 is 1.33 bits per heavy atom. The van der Waals surface area contributed by atoms with Crippen LogP contribution >= 0.6 is 0 Å². The maximum atomic E-state index is 12.8. The summed E-state index contributed by atoms with van der Waals surface area (Å²) in [4.78, 5) is 8.74. The molecule has 0 heterocycles. The van der Waals surface area contributed by atoms with E-state index in [9.17, 15) is 43.2 Å². The van der Waals surface area contributed by atoms with Gasteiger partial charge in [0.15, 0.2) is 20.0 Å². The molecule has 0 unspecified atom stereocenters. The second-order valence-electron chi connectivity index (χ2n) is 8.12. The summed E-state index contributed by atoms with van der Waals surface area (Å²) in [5, 5.41) is 0. The first-order valence-corrected chi connectivity index (χ1v) is 13.8. The zero-order valence-corrected chi connectivity index (χ0v) is 22.2. The fourth-order valence-electron chi connectivity index (χ4n) is 3.51. The van der Waals surface area contributed by atoms with Crippen LogP contribution in [-0.4, -0.2) is 52.4 Å². The SMILES string of the molecule is O=S(=O)([N-]c1ccccc1C=N[C@@H]1CCCC[C@H]1N=Cc1ccccc1[N-]S(=O)(=O)C(F)(F)F)C(F)(F)F.[Ni+2]. The fourth-order valence-corrected chi connectivity index (χ4v) is 4.57. The zero-order chi connectivity index (χ0) is 28.2. The number of hydrogen-bond acceptors (Lipinski definition) is 6. The van der Waals surface area contributed by atoms with E-state index >= 15 is 0 Å². The summed E-state index contributed by atoms with van der Waals surface area (Å²) >= 11 is 0. The molecule has 8 nitrogen and oxygen atoms in total. The first-order valence-electron chi connectivity index (χ1n) is 10.9. The number of sulfonamides is 2. The van der Waals surface area contributed by atoms with Gasteiger partial charge in [-0.05, 0) is 24.0 Å². The van der Waals surface area contributed by atoms with Crippen LogP contribution in [0, 0.1) is 0 Å². The molecular formula is C22H20F6N4NiO4S2. The summed E-state index contributed by atoms with van der Waals surface area (Å²) in [7, 11) is -11.6. The summed E-state index contributed by atoms with van der Waals surface area (Å²) in [6, 6.07) is 9.45. The molecule has 0 saturated heterocycles. The smallest absolute Gasteiger partial charge is 0.569 e. The predicted molar refractivity (Wildman–Crippen MR) is 130 cm³/mol. The van der Waals surface area contributed by atoms with E-state index in [0.29, 0.717) is 12.8 Å². The molecule has 1 aliphatic carbocycles. The minimum Gasteiger partial charge on any atom is -0.569 e. The van der Waals surface area contributed by atoms with Crippen molar-refractivity contribution < 1.29 is 59.7 Å². The molecule has 0 spiro atoms. The molecule has 3 rings (SSSR count). The van der Waals surface area contributed by atoms with E-state index in [1.54, 1.807) is 0 Å². The van der Waals surface area contributed by atoms with Crippen LogP contribution in [0.15, 0.2) is 58.5 Å². The van der Waals surface area contributed by atoms with E-state index in [1.807, 2.05) is 0 Å². The predicted octanol–water partition coefficient (Wildman–Crippen LogP) is 6.24. The molecule has 2 aromatic carbocycles. The Hall–Kier alpha value is -2.65. The van der Waals surface area contributed by atoms with Gasteiger partial charge in [-0.3, -0.25) is 9.98 Å². The number of aliphatic imine (C=N–C) groups is 2. The van der Waals surface area contributed by atoms with Gasteiger partial charge in [0.05, 0.1) is 12.1 Å². The van der Waals surface area contributed by atoms with E-state index in [2.05, 4.69) is 19.4 Å². The minimum absolute atomic E-state index is 0. The Morgan fingerprint density at radius 1 is 0.667 bits per heavy atom. The van der Waals surface area contributed by atoms with Gasteiger partial charge in [-0.1, -0.05) is 61.4 Å². The van der Waals surface area contributed by atoms with E-state index in [4.69, 9.17) is 0 Å². The Kier molecular flexibility index (Phi) is 10.6. The quantitative estimate of drug-likeness (QED) is 0.192. The molecule has 216 valence electrons. The van der Waals surface area contributed by atoms with Crippen LogP contribution in [0.1, 0.15) is 36.8 Å². The van der Waals surface area contributed by atoms with E-state index in [0.717, 1.165) is 25.0 Å². The van der Waals surface area contributed by atoms with Crippen molar-refractivity contribution >= 4 is 43.9 Å². The molecule has 39 heavy (non-hydrogen) atoms. The van der Waals surface area contributed by atoms with Crippen LogP contribution in [0.3, 0.4) is 0 Å². The monoisotopic (exact) mass is 640 g/mol. The molecule has 0 amide bonds. The van der Waals surface area contributed by atoms with Crippen molar-refractivity contribution in [3.63, 3.8) is 0 Å². The molecule has 0 N–H and O–H groups in total. The second kappa shape index (κ2) is 12.7. The summed E-state index contributed by atoms with van der Waals surface area (Å²) < 4.78 is 128. The third-order valence-corrected chi connectivity index (χ3v) is 7.44. The first-order chi connectivity index (χ1) is 17.6. The van der Waals surface area contributed by atoms with Crippen molar-refractivity contribution in [3.8, 4) is 0 Å². The standard InChI is InChI=1S/C22H20F6N4O4S2.Ni/c23-21(24,25)37(33,34)31-17-9-3-1-7-15(17)13-29-19-11-5-6-12-20(19)30-14-16-8-2-4-10-18(16)32-38(35,36)22(26,27)28;/h1-4,7-10,13-14,19-20H,5-6,11-12H2;/q-2;+2/t19-,20-;/m1./s1. The van der Waals surface area contributed by atoms with Gasteiger partial charge >= 0.3 is 27.5 Å². The van der Waals surface area contributed by atoms with Crippen LogP contribution in [-0.2, 0) is 36.5 Å². The van der Waals surface area contributed by atoms with Crippen LogP contribution in [0.5, 0.6) is 0 Å². The first kappa shape index (κ1) is 32.6. The van der Waals surface area contributed by atoms with Gasteiger partial charge in [0.1, 0.15) is 0 Å². The average molecular weight is 641 g/mol. The van der Waals surface area contributed by atoms with Crippen LogP contribution in [0.4, 0.5) is 37.7 Å². The van der Waals surface area contributed by atoms with Crippen molar-refractivity contribution in [3.05, 3.63) is 69.1 Å². The topological polar surface area (TPSA) is 121 Å². The van der Waals surface area contributed by atoms with Crippen molar-refractivity contribution in [2.24, 2.45) is 9.98 Å². The van der Waals surface area contributed by atoms with Gasteiger partial charge in [-0.25, -0.2) is 16.8 Å². The zero-order valence-electron chi connectivity index (χ0n) is 19.6. The van der Waals surface area contributed by atoms with E-state index < -0.39 is 54.5 Å². The molecule has 0 aliphatic heterocycles. The van der Waals surface area contributed by atoms with Crippen LogP contribution in [0.25, 0.3) is 9.44 Å². The van der Waals surface area contributed by atoms with Gasteiger partial charge in [0.25, 0.3) is 0 Å². The third-order valence-electron chi connectivity index (χ3n) is 5.40. The average Bonchev–Trinajstić information content (AvgIpc) is 2.81. The van der Waals surface area contributed by atoms with Crippen LogP contribution in [0.2, 0.25) is 0 Å². The number of halogens is 6. The molecule has 2 atom stereocenters. The van der Waals surface area contributed by atoms with Crippen molar-refractivity contribution in [1.29, 1.82) is 0 Å². The largest absolute Gasteiger partial charge is 2.00 e. The number of hydrogen-bond donors (Lipinski definition) is 0. The minimum atomic E-state index is -5.78. The second-order valence-corrected chi connectivity index (χ2v) is 11.3. The number of alkyl halides is 6. The summed E-state index contributed by atoms with van der Waals surface area (Å²) in [6.07, 6.45) is 4.93. The third kappa shape index (κ3) is 8.42. The summed E-state index contributed by atoms with van der Waals surface area (Å²) in [5.74, 6) is 0. The van der Waals surface area contributed by atoms with Gasteiger partial charge in [0, 0.05) is 12.4 Å². The van der Waals surface area contributed by atoms with Crippen molar-refractivity contribution in [2.45, 2.75) is 48.8 Å². The Balaban J connectivity index is 0.00000533.